The van der Waals surface area contributed by atoms with E-state index in [-0.39, 0.29) is 24.4 Å². The number of rotatable bonds is 7. The standard InChI is InChI=1S/C26H27N7O2/c1-18-16-23(31-26(28-18)32-13-4-5-14-32)29-19-8-10-20(11-9-19)30-24(34)12-15-33-17-27-22-7-3-2-6-21(22)25(33)35/h2-3,6-11,16-17H,4-5,12-15H2,1H3,(H,30,34)(H,28,29,31). The largest absolute Gasteiger partial charge is 0.341 e. The zero-order valence-electron chi connectivity index (χ0n) is 19.6. The molecule has 0 radical (unpaired) electrons. The first-order valence-corrected chi connectivity index (χ1v) is 11.8. The fourth-order valence-electron chi connectivity index (χ4n) is 4.17. The maximum atomic E-state index is 12.6. The van der Waals surface area contributed by atoms with Gasteiger partial charge in [0.2, 0.25) is 11.9 Å². The molecule has 9 nitrogen and oxygen atoms in total. The van der Waals surface area contributed by atoms with Gasteiger partial charge in [0.1, 0.15) is 5.82 Å². The summed E-state index contributed by atoms with van der Waals surface area (Å²) in [6.45, 7) is 4.20. The van der Waals surface area contributed by atoms with Crippen LogP contribution in [0.15, 0.2) is 65.7 Å². The number of anilines is 4. The van der Waals surface area contributed by atoms with Gasteiger partial charge in [0.15, 0.2) is 0 Å². The summed E-state index contributed by atoms with van der Waals surface area (Å²) < 4.78 is 1.47. The Hall–Kier alpha value is -4.27. The fourth-order valence-corrected chi connectivity index (χ4v) is 4.17. The number of nitrogens with one attached hydrogen (secondary N) is 2. The summed E-state index contributed by atoms with van der Waals surface area (Å²) in [5.74, 6) is 1.33. The van der Waals surface area contributed by atoms with E-state index in [0.717, 1.165) is 36.2 Å². The van der Waals surface area contributed by atoms with Gasteiger partial charge < -0.3 is 15.5 Å². The minimum atomic E-state index is -0.174. The minimum Gasteiger partial charge on any atom is -0.341 e. The predicted octanol–water partition coefficient (Wildman–Crippen LogP) is 3.87. The van der Waals surface area contributed by atoms with E-state index in [2.05, 4.69) is 30.5 Å². The van der Waals surface area contributed by atoms with Crippen molar-refractivity contribution < 1.29 is 4.79 Å². The third-order valence-electron chi connectivity index (χ3n) is 5.98. The van der Waals surface area contributed by atoms with Gasteiger partial charge in [-0.05, 0) is 56.2 Å². The van der Waals surface area contributed by atoms with Crippen molar-refractivity contribution in [3.63, 3.8) is 0 Å². The SMILES string of the molecule is Cc1cc(Nc2ccc(NC(=O)CCn3cnc4ccccc4c3=O)cc2)nc(N2CCCC2)n1. The van der Waals surface area contributed by atoms with Gasteiger partial charge >= 0.3 is 0 Å². The number of amides is 1. The number of hydrogen-bond acceptors (Lipinski definition) is 7. The highest BCUT2D eigenvalue weighted by molar-refractivity contribution is 5.90. The van der Waals surface area contributed by atoms with Crippen LogP contribution in [0.3, 0.4) is 0 Å². The number of carbonyl (C=O) groups excluding carboxylic acids is 1. The van der Waals surface area contributed by atoms with E-state index in [1.54, 1.807) is 18.2 Å². The lowest BCUT2D eigenvalue weighted by Crippen LogP contribution is -2.23. The van der Waals surface area contributed by atoms with Crippen LogP contribution in [0.1, 0.15) is 25.0 Å². The van der Waals surface area contributed by atoms with Gasteiger partial charge in [0.25, 0.3) is 5.56 Å². The smallest absolute Gasteiger partial charge is 0.261 e. The molecule has 2 aromatic heterocycles. The van der Waals surface area contributed by atoms with Crippen LogP contribution in [0, 0.1) is 6.92 Å². The lowest BCUT2D eigenvalue weighted by Gasteiger charge is -2.17. The Labute approximate surface area is 202 Å². The molecule has 0 bridgehead atoms. The van der Waals surface area contributed by atoms with E-state index in [1.165, 1.54) is 23.7 Å². The molecule has 1 aliphatic heterocycles. The summed E-state index contributed by atoms with van der Waals surface area (Å²) in [5.41, 5.74) is 2.96. The van der Waals surface area contributed by atoms with Gasteiger partial charge in [0, 0.05) is 49.2 Å². The zero-order valence-corrected chi connectivity index (χ0v) is 19.6. The molecule has 1 amide bonds. The summed E-state index contributed by atoms with van der Waals surface area (Å²) in [7, 11) is 0. The molecule has 2 aromatic carbocycles. The van der Waals surface area contributed by atoms with E-state index in [4.69, 9.17) is 0 Å². The van der Waals surface area contributed by atoms with Crippen molar-refractivity contribution in [3.05, 3.63) is 77.0 Å². The van der Waals surface area contributed by atoms with Crippen molar-refractivity contribution >= 4 is 40.0 Å². The third-order valence-corrected chi connectivity index (χ3v) is 5.98. The minimum absolute atomic E-state index is 0.147. The molecule has 9 heteroatoms. The highest BCUT2D eigenvalue weighted by Gasteiger charge is 2.16. The molecule has 4 aromatic rings. The Morgan fingerprint density at radius 3 is 2.54 bits per heavy atom. The first-order chi connectivity index (χ1) is 17.0. The summed E-state index contributed by atoms with van der Waals surface area (Å²) in [6.07, 6.45) is 3.99. The second kappa shape index (κ2) is 9.92. The first-order valence-electron chi connectivity index (χ1n) is 11.8. The summed E-state index contributed by atoms with van der Waals surface area (Å²) >= 11 is 0. The van der Waals surface area contributed by atoms with Crippen molar-refractivity contribution in [1.82, 2.24) is 19.5 Å². The number of aryl methyl sites for hydroxylation is 2. The molecule has 0 atom stereocenters. The molecule has 0 spiro atoms. The van der Waals surface area contributed by atoms with Gasteiger partial charge in [-0.15, -0.1) is 0 Å². The summed E-state index contributed by atoms with van der Waals surface area (Å²) in [4.78, 5) is 40.8. The van der Waals surface area contributed by atoms with Crippen LogP contribution in [-0.4, -0.2) is 38.5 Å². The number of aromatic nitrogens is 4. The topological polar surface area (TPSA) is 105 Å². The van der Waals surface area contributed by atoms with E-state index in [0.29, 0.717) is 16.6 Å². The Morgan fingerprint density at radius 1 is 1.00 bits per heavy atom. The van der Waals surface area contributed by atoms with Crippen LogP contribution in [0.5, 0.6) is 0 Å². The number of para-hydroxylation sites is 1. The van der Waals surface area contributed by atoms with Crippen molar-refractivity contribution in [1.29, 1.82) is 0 Å². The van der Waals surface area contributed by atoms with Crippen molar-refractivity contribution in [2.24, 2.45) is 0 Å². The second-order valence-corrected chi connectivity index (χ2v) is 8.65. The molecule has 1 fully saturated rings. The molecule has 5 rings (SSSR count). The first kappa shape index (κ1) is 22.5. The highest BCUT2D eigenvalue weighted by atomic mass is 16.2. The molecule has 178 valence electrons. The maximum Gasteiger partial charge on any atom is 0.261 e. The zero-order chi connectivity index (χ0) is 24.2. The van der Waals surface area contributed by atoms with Gasteiger partial charge in [-0.3, -0.25) is 14.2 Å². The summed E-state index contributed by atoms with van der Waals surface area (Å²) in [6, 6.07) is 16.5. The van der Waals surface area contributed by atoms with Crippen LogP contribution in [0.25, 0.3) is 10.9 Å². The fraction of sp³-hybridized carbons (Fsp3) is 0.269. The van der Waals surface area contributed by atoms with E-state index in [9.17, 15) is 9.59 Å². The maximum absolute atomic E-state index is 12.6. The van der Waals surface area contributed by atoms with Crippen LogP contribution in [0.2, 0.25) is 0 Å². The van der Waals surface area contributed by atoms with Gasteiger partial charge in [-0.25, -0.2) is 9.97 Å². The molecule has 0 saturated carbocycles. The van der Waals surface area contributed by atoms with Crippen molar-refractivity contribution in [3.8, 4) is 0 Å². The predicted molar refractivity (Wildman–Crippen MR) is 137 cm³/mol. The number of benzene rings is 2. The van der Waals surface area contributed by atoms with Crippen LogP contribution in [0.4, 0.5) is 23.1 Å². The number of nitrogens with zero attached hydrogens (tertiary/aromatic N) is 5. The second-order valence-electron chi connectivity index (χ2n) is 8.65. The molecule has 35 heavy (non-hydrogen) atoms. The molecular formula is C26H27N7O2. The van der Waals surface area contributed by atoms with Gasteiger partial charge in [-0.1, -0.05) is 12.1 Å². The Bertz CT molecular complexity index is 1410. The highest BCUT2D eigenvalue weighted by Crippen LogP contribution is 2.22. The summed E-state index contributed by atoms with van der Waals surface area (Å²) in [5, 5.41) is 6.75. The van der Waals surface area contributed by atoms with Crippen LogP contribution >= 0.6 is 0 Å². The monoisotopic (exact) mass is 469 g/mol. The molecular weight excluding hydrogens is 442 g/mol. The number of carbonyl (C=O) groups is 1. The molecule has 1 saturated heterocycles. The number of fused-ring (bicyclic) bond motifs is 1. The van der Waals surface area contributed by atoms with Gasteiger partial charge in [0.05, 0.1) is 17.2 Å². The lowest BCUT2D eigenvalue weighted by atomic mass is 10.2. The molecule has 3 heterocycles. The number of hydrogen-bond donors (Lipinski definition) is 2. The quantitative estimate of drug-likeness (QED) is 0.423. The van der Waals surface area contributed by atoms with E-state index in [1.807, 2.05) is 43.3 Å². The lowest BCUT2D eigenvalue weighted by molar-refractivity contribution is -0.116. The van der Waals surface area contributed by atoms with E-state index < -0.39 is 0 Å². The van der Waals surface area contributed by atoms with Crippen LogP contribution < -0.4 is 21.1 Å². The normalized spacial score (nSPS) is 13.2. The molecule has 0 aliphatic carbocycles. The molecule has 0 unspecified atom stereocenters. The third kappa shape index (κ3) is 5.29. The Balaban J connectivity index is 1.18. The molecule has 2 N–H and O–H groups in total. The Morgan fingerprint density at radius 2 is 1.74 bits per heavy atom. The van der Waals surface area contributed by atoms with E-state index >= 15 is 0 Å². The van der Waals surface area contributed by atoms with Gasteiger partial charge in [-0.2, -0.15) is 4.98 Å². The molecule has 1 aliphatic rings. The Kier molecular flexibility index (Phi) is 6.38. The van der Waals surface area contributed by atoms with Crippen molar-refractivity contribution in [2.75, 3.05) is 28.6 Å². The van der Waals surface area contributed by atoms with Crippen LogP contribution in [-0.2, 0) is 11.3 Å². The average molecular weight is 470 g/mol. The van der Waals surface area contributed by atoms with Crippen molar-refractivity contribution in [2.45, 2.75) is 32.7 Å². The average Bonchev–Trinajstić information content (AvgIpc) is 3.40.